The van der Waals surface area contributed by atoms with Crippen molar-refractivity contribution < 1.29 is 22.7 Å². The van der Waals surface area contributed by atoms with E-state index in [2.05, 4.69) is 18.1 Å². The Morgan fingerprint density at radius 3 is 2.45 bits per heavy atom. The number of benzene rings is 2. The van der Waals surface area contributed by atoms with E-state index in [0.29, 0.717) is 12.0 Å². The fourth-order valence-corrected chi connectivity index (χ4v) is 5.47. The standard InChI is InChI=1S/C26H24F4N2O/c1-25-14-17-15-31-32(21-11-9-20(27)10-12-21)23(17)13-19(25)3-2-4-22(25)24(33)16-5-7-18(8-6-16)26(28,29)30/h5-13,15,22,24,33H,2-4,14H2,1H3/t22-,24?,25+/m1/s1. The Labute approximate surface area is 189 Å². The van der Waals surface area contributed by atoms with Gasteiger partial charge in [0.05, 0.1) is 29.2 Å². The first-order chi connectivity index (χ1) is 15.7. The van der Waals surface area contributed by atoms with Gasteiger partial charge < -0.3 is 5.11 Å². The Balaban J connectivity index is 1.47. The Kier molecular flexibility index (Phi) is 5.20. The van der Waals surface area contributed by atoms with E-state index in [1.807, 2.05) is 6.20 Å². The summed E-state index contributed by atoms with van der Waals surface area (Å²) < 4.78 is 54.0. The number of hydrogen-bond donors (Lipinski definition) is 1. The van der Waals surface area contributed by atoms with Crippen LogP contribution in [-0.4, -0.2) is 14.9 Å². The molecule has 1 fully saturated rings. The number of aliphatic hydroxyl groups excluding tert-OH is 1. The molecule has 1 saturated carbocycles. The van der Waals surface area contributed by atoms with Gasteiger partial charge in [-0.3, -0.25) is 0 Å². The van der Waals surface area contributed by atoms with Crippen molar-refractivity contribution in [2.24, 2.45) is 11.3 Å². The van der Waals surface area contributed by atoms with Crippen LogP contribution in [0.1, 0.15) is 54.7 Å². The fourth-order valence-electron chi connectivity index (χ4n) is 5.47. The maximum absolute atomic E-state index is 13.4. The lowest BCUT2D eigenvalue weighted by molar-refractivity contribution is -0.137. The second-order valence-electron chi connectivity index (χ2n) is 9.27. The van der Waals surface area contributed by atoms with Gasteiger partial charge in [-0.2, -0.15) is 18.3 Å². The summed E-state index contributed by atoms with van der Waals surface area (Å²) in [6.07, 6.45) is 1.92. The topological polar surface area (TPSA) is 38.0 Å². The normalized spacial score (nSPS) is 23.5. The van der Waals surface area contributed by atoms with Crippen molar-refractivity contribution in [1.82, 2.24) is 9.78 Å². The van der Waals surface area contributed by atoms with E-state index in [4.69, 9.17) is 0 Å². The zero-order chi connectivity index (χ0) is 23.4. The Morgan fingerprint density at radius 1 is 1.09 bits per heavy atom. The molecule has 3 atom stereocenters. The van der Waals surface area contributed by atoms with Crippen LogP contribution in [0.4, 0.5) is 17.6 Å². The minimum Gasteiger partial charge on any atom is -0.388 e. The highest BCUT2D eigenvalue weighted by molar-refractivity contribution is 5.61. The van der Waals surface area contributed by atoms with Crippen LogP contribution in [0, 0.1) is 17.2 Å². The number of nitrogens with zero attached hydrogens (tertiary/aromatic N) is 2. The largest absolute Gasteiger partial charge is 0.416 e. The number of alkyl halides is 3. The quantitative estimate of drug-likeness (QED) is 0.456. The lowest BCUT2D eigenvalue weighted by Gasteiger charge is -2.47. The fraction of sp³-hybridized carbons (Fsp3) is 0.346. The van der Waals surface area contributed by atoms with Gasteiger partial charge >= 0.3 is 6.18 Å². The molecular weight excluding hydrogens is 432 g/mol. The van der Waals surface area contributed by atoms with Gasteiger partial charge in [0.25, 0.3) is 0 Å². The number of hydrogen-bond acceptors (Lipinski definition) is 2. The number of aliphatic hydroxyl groups is 1. The summed E-state index contributed by atoms with van der Waals surface area (Å²) in [7, 11) is 0. The third-order valence-corrected chi connectivity index (χ3v) is 7.30. The first kappa shape index (κ1) is 21.9. The Bertz CT molecular complexity index is 1190. The minimum absolute atomic E-state index is 0.128. The number of aromatic nitrogens is 2. The van der Waals surface area contributed by atoms with E-state index < -0.39 is 17.8 Å². The van der Waals surface area contributed by atoms with Crippen molar-refractivity contribution in [3.05, 3.63) is 88.5 Å². The van der Waals surface area contributed by atoms with Crippen molar-refractivity contribution in [2.75, 3.05) is 0 Å². The summed E-state index contributed by atoms with van der Waals surface area (Å²) in [5.74, 6) is -0.436. The smallest absolute Gasteiger partial charge is 0.388 e. The van der Waals surface area contributed by atoms with Crippen LogP contribution in [0.2, 0.25) is 0 Å². The number of rotatable bonds is 3. The van der Waals surface area contributed by atoms with Gasteiger partial charge in [-0.25, -0.2) is 9.07 Å². The molecule has 0 amide bonds. The summed E-state index contributed by atoms with van der Waals surface area (Å²) in [5.41, 5.74) is 3.43. The van der Waals surface area contributed by atoms with E-state index in [0.717, 1.165) is 48.3 Å². The molecule has 0 spiro atoms. The van der Waals surface area contributed by atoms with Crippen molar-refractivity contribution >= 4 is 6.08 Å². The molecule has 7 heteroatoms. The summed E-state index contributed by atoms with van der Waals surface area (Å²) in [6.45, 7) is 2.13. The SMILES string of the molecule is C[C@]12Cc3cnn(-c4ccc(F)cc4)c3C=C1CCC[C@@H]2C(O)c1ccc(C(F)(F)F)cc1. The molecule has 0 aliphatic heterocycles. The molecule has 1 N–H and O–H groups in total. The molecule has 172 valence electrons. The van der Waals surface area contributed by atoms with Crippen LogP contribution >= 0.6 is 0 Å². The van der Waals surface area contributed by atoms with Crippen LogP contribution in [0.15, 0.2) is 60.3 Å². The van der Waals surface area contributed by atoms with Gasteiger partial charge in [-0.15, -0.1) is 0 Å². The van der Waals surface area contributed by atoms with Crippen molar-refractivity contribution in [1.29, 1.82) is 0 Å². The summed E-state index contributed by atoms with van der Waals surface area (Å²) >= 11 is 0. The van der Waals surface area contributed by atoms with Crippen molar-refractivity contribution in [2.45, 2.75) is 44.9 Å². The molecular formula is C26H24F4N2O. The third kappa shape index (κ3) is 3.78. The highest BCUT2D eigenvalue weighted by Gasteiger charge is 2.46. The Hall–Kier alpha value is -2.93. The van der Waals surface area contributed by atoms with Gasteiger partial charge in [0.1, 0.15) is 5.82 Å². The second kappa shape index (κ2) is 7.83. The molecule has 2 aliphatic carbocycles. The highest BCUT2D eigenvalue weighted by Crippen LogP contribution is 2.54. The van der Waals surface area contributed by atoms with E-state index in [-0.39, 0.29) is 17.2 Å². The van der Waals surface area contributed by atoms with E-state index in [9.17, 15) is 22.7 Å². The lowest BCUT2D eigenvalue weighted by atomic mass is 9.57. The van der Waals surface area contributed by atoms with Crippen LogP contribution in [-0.2, 0) is 12.6 Å². The molecule has 5 rings (SSSR count). The first-order valence-corrected chi connectivity index (χ1v) is 11.1. The van der Waals surface area contributed by atoms with Gasteiger partial charge in [0.2, 0.25) is 0 Å². The van der Waals surface area contributed by atoms with Crippen LogP contribution in [0.25, 0.3) is 11.8 Å². The zero-order valence-corrected chi connectivity index (χ0v) is 18.1. The molecule has 2 aromatic carbocycles. The lowest BCUT2D eigenvalue weighted by Crippen LogP contribution is -2.40. The van der Waals surface area contributed by atoms with E-state index in [1.54, 1.807) is 16.8 Å². The highest BCUT2D eigenvalue weighted by atomic mass is 19.4. The number of allylic oxidation sites excluding steroid dienone is 1. The van der Waals surface area contributed by atoms with E-state index in [1.165, 1.54) is 29.8 Å². The summed E-state index contributed by atoms with van der Waals surface area (Å²) in [6, 6.07) is 11.0. The van der Waals surface area contributed by atoms with E-state index >= 15 is 0 Å². The monoisotopic (exact) mass is 456 g/mol. The van der Waals surface area contributed by atoms with Gasteiger partial charge in [0, 0.05) is 0 Å². The summed E-state index contributed by atoms with van der Waals surface area (Å²) in [4.78, 5) is 0. The van der Waals surface area contributed by atoms with Crippen LogP contribution in [0.3, 0.4) is 0 Å². The average molecular weight is 456 g/mol. The predicted molar refractivity (Wildman–Crippen MR) is 117 cm³/mol. The second-order valence-corrected chi connectivity index (χ2v) is 9.27. The third-order valence-electron chi connectivity index (χ3n) is 7.30. The molecule has 0 radical (unpaired) electrons. The maximum Gasteiger partial charge on any atom is 0.416 e. The van der Waals surface area contributed by atoms with Crippen molar-refractivity contribution in [3.63, 3.8) is 0 Å². The molecule has 33 heavy (non-hydrogen) atoms. The van der Waals surface area contributed by atoms with Gasteiger partial charge in [-0.05, 0) is 90.6 Å². The minimum atomic E-state index is -4.40. The maximum atomic E-state index is 13.4. The molecule has 1 unspecified atom stereocenters. The molecule has 0 saturated heterocycles. The van der Waals surface area contributed by atoms with Gasteiger partial charge in [-0.1, -0.05) is 24.6 Å². The molecule has 2 aliphatic rings. The molecule has 0 bridgehead atoms. The predicted octanol–water partition coefficient (Wildman–Crippen LogP) is 6.51. The van der Waals surface area contributed by atoms with Gasteiger partial charge in [0.15, 0.2) is 0 Å². The first-order valence-electron chi connectivity index (χ1n) is 11.1. The average Bonchev–Trinajstić information content (AvgIpc) is 3.18. The summed E-state index contributed by atoms with van der Waals surface area (Å²) in [5, 5.41) is 15.8. The molecule has 3 aromatic rings. The molecule has 1 aromatic heterocycles. The zero-order valence-electron chi connectivity index (χ0n) is 18.1. The molecule has 3 nitrogen and oxygen atoms in total. The van der Waals surface area contributed by atoms with Crippen molar-refractivity contribution in [3.8, 4) is 5.69 Å². The molecule has 1 heterocycles. The van der Waals surface area contributed by atoms with Crippen LogP contribution in [0.5, 0.6) is 0 Å². The Morgan fingerprint density at radius 2 is 1.79 bits per heavy atom. The van der Waals surface area contributed by atoms with Crippen LogP contribution < -0.4 is 0 Å². The number of halogens is 4. The number of fused-ring (bicyclic) bond motifs is 2.